The van der Waals surface area contributed by atoms with Crippen LogP contribution < -0.4 is 0 Å². The Hall–Kier alpha value is -2.29. The van der Waals surface area contributed by atoms with E-state index in [1.807, 2.05) is 0 Å². The number of rotatable bonds is 3. The number of halogens is 3. The van der Waals surface area contributed by atoms with Crippen LogP contribution in [0.5, 0.6) is 0 Å². The first kappa shape index (κ1) is 16.1. The van der Waals surface area contributed by atoms with Crippen molar-refractivity contribution in [3.05, 3.63) is 47.3 Å². The molecule has 0 amide bonds. The van der Waals surface area contributed by atoms with Gasteiger partial charge in [-0.1, -0.05) is 0 Å². The van der Waals surface area contributed by atoms with E-state index in [9.17, 15) is 18.0 Å². The summed E-state index contributed by atoms with van der Waals surface area (Å²) in [6, 6.07) is 4.27. The Balaban J connectivity index is 1.89. The maximum absolute atomic E-state index is 13.1. The van der Waals surface area contributed by atoms with E-state index in [0.29, 0.717) is 25.7 Å². The van der Waals surface area contributed by atoms with Gasteiger partial charge in [-0.3, -0.25) is 0 Å². The first-order valence-corrected chi connectivity index (χ1v) is 6.93. The van der Waals surface area contributed by atoms with Crippen molar-refractivity contribution in [3.63, 3.8) is 0 Å². The van der Waals surface area contributed by atoms with Crippen LogP contribution in [0.15, 0.2) is 30.1 Å². The standard InChI is InChI=1S/C16H14F3NO2/c17-12(9-20)7-10-1-4-13(5-2-10)22-16(21)11-3-6-14(18)15(19)8-11/h3,6-8,10,13H,1-2,4-5H2. The van der Waals surface area contributed by atoms with Crippen LogP contribution >= 0.6 is 0 Å². The van der Waals surface area contributed by atoms with Crippen molar-refractivity contribution in [2.75, 3.05) is 0 Å². The van der Waals surface area contributed by atoms with Crippen molar-refractivity contribution in [1.82, 2.24) is 0 Å². The summed E-state index contributed by atoms with van der Waals surface area (Å²) in [5, 5.41) is 8.38. The first-order chi connectivity index (χ1) is 10.5. The quantitative estimate of drug-likeness (QED) is 0.625. The van der Waals surface area contributed by atoms with Gasteiger partial charge in [0.2, 0.25) is 0 Å². The van der Waals surface area contributed by atoms with Crippen LogP contribution in [-0.2, 0) is 4.74 Å². The van der Waals surface area contributed by atoms with Gasteiger partial charge >= 0.3 is 5.97 Å². The fraction of sp³-hybridized carbons (Fsp3) is 0.375. The lowest BCUT2D eigenvalue weighted by molar-refractivity contribution is 0.0183. The number of benzene rings is 1. The maximum atomic E-state index is 13.1. The number of hydrogen-bond donors (Lipinski definition) is 0. The molecule has 1 aliphatic carbocycles. The molecule has 6 heteroatoms. The van der Waals surface area contributed by atoms with E-state index < -0.39 is 23.4 Å². The van der Waals surface area contributed by atoms with E-state index in [1.54, 1.807) is 0 Å². The molecule has 0 aliphatic heterocycles. The number of nitrogens with zero attached hydrogens (tertiary/aromatic N) is 1. The molecule has 1 fully saturated rings. The Kier molecular flexibility index (Phi) is 5.21. The Morgan fingerprint density at radius 3 is 2.50 bits per heavy atom. The lowest BCUT2D eigenvalue weighted by atomic mass is 9.87. The molecule has 1 aromatic rings. The summed E-state index contributed by atoms with van der Waals surface area (Å²) in [6.07, 6.45) is 3.23. The molecule has 0 unspecified atom stereocenters. The smallest absolute Gasteiger partial charge is 0.338 e. The van der Waals surface area contributed by atoms with Crippen LogP contribution in [0, 0.1) is 28.9 Å². The predicted octanol–water partition coefficient (Wildman–Crippen LogP) is 4.06. The lowest BCUT2D eigenvalue weighted by Crippen LogP contribution is -2.24. The van der Waals surface area contributed by atoms with Crippen LogP contribution in [0.25, 0.3) is 0 Å². The van der Waals surface area contributed by atoms with Crippen molar-refractivity contribution in [1.29, 1.82) is 5.26 Å². The summed E-state index contributed by atoms with van der Waals surface area (Å²) >= 11 is 0. The molecule has 1 saturated carbocycles. The van der Waals surface area contributed by atoms with Gasteiger partial charge in [-0.15, -0.1) is 0 Å². The molecule has 0 radical (unpaired) electrons. The molecule has 1 aromatic carbocycles. The molecule has 3 nitrogen and oxygen atoms in total. The average molecular weight is 309 g/mol. The average Bonchev–Trinajstić information content (AvgIpc) is 2.51. The van der Waals surface area contributed by atoms with Gasteiger partial charge in [-0.25, -0.2) is 13.6 Å². The van der Waals surface area contributed by atoms with Crippen LogP contribution in [0.1, 0.15) is 36.0 Å². The highest BCUT2D eigenvalue weighted by atomic mass is 19.2. The van der Waals surface area contributed by atoms with Gasteiger partial charge in [0.25, 0.3) is 0 Å². The van der Waals surface area contributed by atoms with Gasteiger partial charge in [-0.2, -0.15) is 9.65 Å². The second kappa shape index (κ2) is 7.12. The number of nitriles is 1. The molecule has 0 atom stereocenters. The summed E-state index contributed by atoms with van der Waals surface area (Å²) in [4.78, 5) is 11.9. The molecule has 0 N–H and O–H groups in total. The number of carbonyl (C=O) groups is 1. The SMILES string of the molecule is N#CC(F)=CC1CCC(OC(=O)c2ccc(F)c(F)c2)CC1. The Morgan fingerprint density at radius 1 is 1.23 bits per heavy atom. The lowest BCUT2D eigenvalue weighted by Gasteiger charge is -2.26. The summed E-state index contributed by atoms with van der Waals surface area (Å²) in [5.41, 5.74) is -0.0450. The van der Waals surface area contributed by atoms with Crippen molar-refractivity contribution < 1.29 is 22.7 Å². The Morgan fingerprint density at radius 2 is 1.91 bits per heavy atom. The van der Waals surface area contributed by atoms with Gasteiger partial charge in [0.1, 0.15) is 12.2 Å². The zero-order valence-corrected chi connectivity index (χ0v) is 11.7. The van der Waals surface area contributed by atoms with Crippen molar-refractivity contribution >= 4 is 5.97 Å². The first-order valence-electron chi connectivity index (χ1n) is 6.93. The molecule has 0 aromatic heterocycles. The summed E-state index contributed by atoms with van der Waals surface area (Å²) in [5.74, 6) is -3.68. The minimum absolute atomic E-state index is 0.0436. The highest BCUT2D eigenvalue weighted by Crippen LogP contribution is 2.28. The summed E-state index contributed by atoms with van der Waals surface area (Å²) < 4.78 is 44.0. The molecule has 0 spiro atoms. The topological polar surface area (TPSA) is 50.1 Å². The largest absolute Gasteiger partial charge is 0.459 e. The van der Waals surface area contributed by atoms with Crippen LogP contribution in [-0.4, -0.2) is 12.1 Å². The third-order valence-corrected chi connectivity index (χ3v) is 3.64. The van der Waals surface area contributed by atoms with Gasteiger partial charge < -0.3 is 4.74 Å². The third kappa shape index (κ3) is 4.10. The minimum Gasteiger partial charge on any atom is -0.459 e. The molecule has 22 heavy (non-hydrogen) atoms. The fourth-order valence-electron chi connectivity index (χ4n) is 2.46. The molecule has 2 rings (SSSR count). The molecular formula is C16H14F3NO2. The molecule has 1 aliphatic rings. The number of allylic oxidation sites excluding steroid dienone is 2. The van der Waals surface area contributed by atoms with Crippen molar-refractivity contribution in [2.45, 2.75) is 31.8 Å². The monoisotopic (exact) mass is 309 g/mol. The molecule has 0 saturated heterocycles. The van der Waals surface area contributed by atoms with E-state index in [-0.39, 0.29) is 17.6 Å². The summed E-state index contributed by atoms with van der Waals surface area (Å²) in [6.45, 7) is 0. The third-order valence-electron chi connectivity index (χ3n) is 3.64. The Labute approximate surface area is 126 Å². The van der Waals surface area contributed by atoms with Crippen LogP contribution in [0.3, 0.4) is 0 Å². The molecule has 116 valence electrons. The molecule has 0 bridgehead atoms. The van der Waals surface area contributed by atoms with Gasteiger partial charge in [-0.05, 0) is 55.9 Å². The molecular weight excluding hydrogens is 295 g/mol. The minimum atomic E-state index is -1.10. The zero-order valence-electron chi connectivity index (χ0n) is 11.7. The fourth-order valence-corrected chi connectivity index (χ4v) is 2.46. The number of carbonyl (C=O) groups excluding carboxylic acids is 1. The second-order valence-corrected chi connectivity index (χ2v) is 5.20. The van der Waals surface area contributed by atoms with Gasteiger partial charge in [0.05, 0.1) is 5.56 Å². The summed E-state index contributed by atoms with van der Waals surface area (Å²) in [7, 11) is 0. The molecule has 0 heterocycles. The zero-order chi connectivity index (χ0) is 16.1. The van der Waals surface area contributed by atoms with Crippen molar-refractivity contribution in [3.8, 4) is 6.07 Å². The van der Waals surface area contributed by atoms with Gasteiger partial charge in [0.15, 0.2) is 17.5 Å². The highest BCUT2D eigenvalue weighted by molar-refractivity contribution is 5.89. The number of ether oxygens (including phenoxy) is 1. The van der Waals surface area contributed by atoms with Crippen LogP contribution in [0.4, 0.5) is 13.2 Å². The van der Waals surface area contributed by atoms with E-state index in [1.165, 1.54) is 12.1 Å². The number of esters is 1. The van der Waals surface area contributed by atoms with E-state index in [2.05, 4.69) is 0 Å². The predicted molar refractivity (Wildman–Crippen MR) is 72.3 cm³/mol. The van der Waals surface area contributed by atoms with E-state index in [4.69, 9.17) is 10.00 Å². The number of hydrogen-bond acceptors (Lipinski definition) is 3. The van der Waals surface area contributed by atoms with Gasteiger partial charge in [0, 0.05) is 0 Å². The Bertz CT molecular complexity index is 629. The van der Waals surface area contributed by atoms with E-state index in [0.717, 1.165) is 18.2 Å². The second-order valence-electron chi connectivity index (χ2n) is 5.20. The van der Waals surface area contributed by atoms with Crippen LogP contribution in [0.2, 0.25) is 0 Å². The maximum Gasteiger partial charge on any atom is 0.338 e. The van der Waals surface area contributed by atoms with Crippen molar-refractivity contribution in [2.24, 2.45) is 5.92 Å². The highest BCUT2D eigenvalue weighted by Gasteiger charge is 2.24. The normalized spacial score (nSPS) is 22.0. The van der Waals surface area contributed by atoms with E-state index >= 15 is 0 Å².